The van der Waals surface area contributed by atoms with Gasteiger partial charge in [-0.25, -0.2) is 19.1 Å². The van der Waals surface area contributed by atoms with E-state index in [0.29, 0.717) is 34.5 Å². The number of rotatable bonds is 9. The minimum absolute atomic E-state index is 0.0226. The van der Waals surface area contributed by atoms with Crippen LogP contribution in [0.25, 0.3) is 0 Å². The van der Waals surface area contributed by atoms with Gasteiger partial charge in [-0.15, -0.1) is 4.91 Å². The van der Waals surface area contributed by atoms with Crippen LogP contribution in [0.5, 0.6) is 5.75 Å². The topological polar surface area (TPSA) is 143 Å². The number of nitrogen functional groups attached to an aromatic ring is 1. The van der Waals surface area contributed by atoms with E-state index in [2.05, 4.69) is 10.2 Å². The van der Waals surface area contributed by atoms with Crippen LogP contribution in [0.3, 0.4) is 0 Å². The van der Waals surface area contributed by atoms with Gasteiger partial charge in [0, 0.05) is 16.7 Å². The molecule has 0 radical (unpaired) electrons. The minimum Gasteiger partial charge on any atom is -0.493 e. The molecule has 1 heterocycles. The van der Waals surface area contributed by atoms with Crippen LogP contribution in [0, 0.1) is 10.8 Å². The van der Waals surface area contributed by atoms with Crippen LogP contribution in [-0.2, 0) is 17.9 Å². The molecule has 182 valence electrons. The van der Waals surface area contributed by atoms with Crippen molar-refractivity contribution in [3.8, 4) is 5.75 Å². The van der Waals surface area contributed by atoms with Crippen LogP contribution in [0.2, 0.25) is 5.02 Å². The Labute approximate surface area is 204 Å². The minimum atomic E-state index is -0.984. The maximum Gasteiger partial charge on any atom is 0.353 e. The Morgan fingerprint density at radius 2 is 1.71 bits per heavy atom. The average Bonchev–Trinajstić information content (AvgIpc) is 3.70. The van der Waals surface area contributed by atoms with E-state index in [4.69, 9.17) is 22.2 Å². The monoisotopic (exact) mass is 498 g/mol. The van der Waals surface area contributed by atoms with E-state index >= 15 is 0 Å². The first-order valence-electron chi connectivity index (χ1n) is 11.0. The third kappa shape index (κ3) is 5.93. The smallest absolute Gasteiger partial charge is 0.353 e. The lowest BCUT2D eigenvalue weighted by atomic mass is 10.2. The van der Waals surface area contributed by atoms with Gasteiger partial charge in [-0.2, -0.15) is 4.68 Å². The van der Waals surface area contributed by atoms with Crippen molar-refractivity contribution in [3.63, 3.8) is 0 Å². The highest BCUT2D eigenvalue weighted by molar-refractivity contribution is 6.30. The predicted molar refractivity (Wildman–Crippen MR) is 129 cm³/mol. The maximum absolute atomic E-state index is 13.3. The van der Waals surface area contributed by atoms with Gasteiger partial charge in [0.15, 0.2) is 0 Å². The Balaban J connectivity index is 1.77. The second kappa shape index (κ2) is 10.5. The summed E-state index contributed by atoms with van der Waals surface area (Å²) in [6, 6.07) is 13.7. The predicted octanol–water partition coefficient (Wildman–Crippen LogP) is 1.93. The van der Waals surface area contributed by atoms with E-state index in [1.807, 2.05) is 0 Å². The summed E-state index contributed by atoms with van der Waals surface area (Å²) in [7, 11) is 0. The van der Waals surface area contributed by atoms with E-state index in [9.17, 15) is 19.3 Å². The highest BCUT2D eigenvalue weighted by Crippen LogP contribution is 2.29. The van der Waals surface area contributed by atoms with E-state index in [-0.39, 0.29) is 18.7 Å². The molecule has 1 aliphatic rings. The van der Waals surface area contributed by atoms with E-state index in [0.717, 1.165) is 9.24 Å². The second-order valence-electron chi connectivity index (χ2n) is 8.19. The molecule has 0 spiro atoms. The van der Waals surface area contributed by atoms with Gasteiger partial charge in [-0.1, -0.05) is 23.7 Å². The summed E-state index contributed by atoms with van der Waals surface area (Å²) in [5, 5.41) is 2.82. The van der Waals surface area contributed by atoms with E-state index in [1.54, 1.807) is 48.5 Å². The normalized spacial score (nSPS) is 13.6. The van der Waals surface area contributed by atoms with E-state index in [1.165, 1.54) is 17.4 Å². The summed E-state index contributed by atoms with van der Waals surface area (Å²) in [6.45, 7) is 0.336. The first-order valence-corrected chi connectivity index (χ1v) is 11.3. The largest absolute Gasteiger partial charge is 0.493 e. The molecular weight excluding hydrogens is 476 g/mol. The molecule has 12 heteroatoms. The summed E-state index contributed by atoms with van der Waals surface area (Å²) < 4.78 is 8.44. The number of nitrogens with two attached hydrogens (primary N) is 1. The molecule has 1 fully saturated rings. The van der Waals surface area contributed by atoms with Crippen molar-refractivity contribution in [3.05, 3.63) is 90.6 Å². The van der Waals surface area contributed by atoms with Gasteiger partial charge in [0.1, 0.15) is 5.75 Å². The molecule has 0 bridgehead atoms. The zero-order chi connectivity index (χ0) is 24.9. The number of ether oxygens (including phenoxy) is 1. The fraction of sp³-hybridized carbons (Fsp3) is 0.304. The SMILES string of the molecule is Nn1c(=O)n(CCC(=O)N=O)c(=O)n(Cc2ccc(Cl)cc2)/c1=N/c1ccc(OCC2CC2)cc1. The van der Waals surface area contributed by atoms with Crippen molar-refractivity contribution < 1.29 is 9.53 Å². The van der Waals surface area contributed by atoms with Crippen molar-refractivity contribution >= 4 is 23.2 Å². The van der Waals surface area contributed by atoms with Crippen molar-refractivity contribution in [2.45, 2.75) is 32.4 Å². The summed E-state index contributed by atoms with van der Waals surface area (Å²) in [5.41, 5.74) is -0.576. The molecule has 0 aliphatic heterocycles. The molecule has 2 aromatic carbocycles. The van der Waals surface area contributed by atoms with Gasteiger partial charge >= 0.3 is 11.4 Å². The Morgan fingerprint density at radius 1 is 1.03 bits per heavy atom. The molecule has 4 rings (SSSR count). The molecular formula is C23H23ClN6O5. The first-order chi connectivity index (χ1) is 16.9. The molecule has 3 aromatic rings. The van der Waals surface area contributed by atoms with Crippen LogP contribution >= 0.6 is 11.6 Å². The van der Waals surface area contributed by atoms with Gasteiger partial charge < -0.3 is 10.6 Å². The third-order valence-electron chi connectivity index (χ3n) is 5.51. The molecule has 0 unspecified atom stereocenters. The Kier molecular flexibility index (Phi) is 7.25. The number of aromatic nitrogens is 3. The Bertz CT molecular complexity index is 1420. The standard InChI is InChI=1S/C23H23ClN6O5/c24-17-5-3-15(4-6-17)13-29-21(26-18-7-9-19(10-8-18)35-14-16-1-2-16)30(25)23(33)28(22(29)32)12-11-20(31)27-34/h3-10,16H,1-2,11-14,25H2/b26-21-. The van der Waals surface area contributed by atoms with Crippen molar-refractivity contribution in [1.82, 2.24) is 13.8 Å². The van der Waals surface area contributed by atoms with Gasteiger partial charge in [-0.05, 0) is 60.7 Å². The maximum atomic E-state index is 13.3. The number of carbonyl (C=O) groups is 1. The second-order valence-corrected chi connectivity index (χ2v) is 8.63. The highest BCUT2D eigenvalue weighted by Gasteiger charge is 2.21. The van der Waals surface area contributed by atoms with Crippen LogP contribution in [0.15, 0.2) is 68.3 Å². The molecule has 1 saturated carbocycles. The number of carbonyl (C=O) groups excluding carboxylic acids is 1. The zero-order valence-corrected chi connectivity index (χ0v) is 19.4. The third-order valence-corrected chi connectivity index (χ3v) is 5.76. The number of benzene rings is 2. The first kappa shape index (κ1) is 24.1. The number of hydrogen-bond donors (Lipinski definition) is 1. The number of amides is 1. The lowest BCUT2D eigenvalue weighted by molar-refractivity contribution is -0.118. The summed E-state index contributed by atoms with van der Waals surface area (Å²) in [6.07, 6.45) is 1.94. The lowest BCUT2D eigenvalue weighted by Crippen LogP contribution is -2.57. The highest BCUT2D eigenvalue weighted by atomic mass is 35.5. The molecule has 1 amide bonds. The summed E-state index contributed by atoms with van der Waals surface area (Å²) >= 11 is 5.96. The molecule has 0 saturated heterocycles. The fourth-order valence-electron chi connectivity index (χ4n) is 3.36. The van der Waals surface area contributed by atoms with Crippen LogP contribution < -0.4 is 27.6 Å². The lowest BCUT2D eigenvalue weighted by Gasteiger charge is -2.14. The average molecular weight is 499 g/mol. The quantitative estimate of drug-likeness (QED) is 0.352. The molecule has 1 aliphatic carbocycles. The van der Waals surface area contributed by atoms with Gasteiger partial charge in [0.05, 0.1) is 25.3 Å². The van der Waals surface area contributed by atoms with Crippen LogP contribution in [0.4, 0.5) is 5.69 Å². The summed E-state index contributed by atoms with van der Waals surface area (Å²) in [4.78, 5) is 52.3. The molecule has 35 heavy (non-hydrogen) atoms. The van der Waals surface area contributed by atoms with Gasteiger partial charge in [0.25, 0.3) is 5.91 Å². The number of nitrogens with zero attached hydrogens (tertiary/aromatic N) is 5. The van der Waals surface area contributed by atoms with Crippen molar-refractivity contribution in [2.75, 3.05) is 12.4 Å². The fourth-order valence-corrected chi connectivity index (χ4v) is 3.49. The van der Waals surface area contributed by atoms with Crippen molar-refractivity contribution in [2.24, 2.45) is 16.1 Å². The molecule has 11 nitrogen and oxygen atoms in total. The van der Waals surface area contributed by atoms with Crippen LogP contribution in [-0.4, -0.2) is 26.3 Å². The van der Waals surface area contributed by atoms with E-state index < -0.39 is 23.7 Å². The Morgan fingerprint density at radius 3 is 2.34 bits per heavy atom. The number of nitroso groups, excluding NO2 is 1. The van der Waals surface area contributed by atoms with Crippen LogP contribution in [0.1, 0.15) is 24.8 Å². The van der Waals surface area contributed by atoms with Crippen molar-refractivity contribution in [1.29, 1.82) is 0 Å². The Hall–Kier alpha value is -3.99. The number of halogens is 1. The number of hydrogen-bond acceptors (Lipinski definition) is 7. The summed E-state index contributed by atoms with van der Waals surface area (Å²) in [5.74, 6) is 6.37. The van der Waals surface area contributed by atoms with Gasteiger partial charge in [0.2, 0.25) is 5.62 Å². The zero-order valence-electron chi connectivity index (χ0n) is 18.7. The molecule has 0 atom stereocenters. The van der Waals surface area contributed by atoms with Gasteiger partial charge in [-0.3, -0.25) is 9.36 Å². The molecule has 2 N–H and O–H groups in total. The molecule has 1 aromatic heterocycles.